The van der Waals surface area contributed by atoms with Crippen LogP contribution < -0.4 is 0 Å². The van der Waals surface area contributed by atoms with Gasteiger partial charge in [-0.05, 0) is 35.2 Å². The first kappa shape index (κ1) is 18.1. The number of hydrogen-bond donors (Lipinski definition) is 2. The van der Waals surface area contributed by atoms with Crippen molar-refractivity contribution in [3.63, 3.8) is 0 Å². The van der Waals surface area contributed by atoms with Crippen LogP contribution in [0.5, 0.6) is 5.75 Å². The van der Waals surface area contributed by atoms with Gasteiger partial charge in [0.1, 0.15) is 11.4 Å². The zero-order valence-electron chi connectivity index (χ0n) is 13.9. The zero-order chi connectivity index (χ0) is 18.8. The summed E-state index contributed by atoms with van der Waals surface area (Å²) in [7, 11) is 0. The molecule has 2 aromatic rings. The topological polar surface area (TPSA) is 125 Å². The molecule has 130 valence electrons. The van der Waals surface area contributed by atoms with Crippen LogP contribution >= 0.6 is 0 Å². The SMILES string of the molecule is CC(C)(C)c1ccc(O)c(N=Nc2ccc(C(=O)O)cc2[N+](=O)[O-])c1. The maximum absolute atomic E-state index is 11.1. The highest BCUT2D eigenvalue weighted by molar-refractivity contribution is 5.89. The number of hydrogen-bond acceptors (Lipinski definition) is 6. The standard InChI is InChI=1S/C17H17N3O5/c1-17(2,3)11-5-7-15(21)13(9-11)19-18-12-6-4-10(16(22)23)8-14(12)20(24)25/h4-9,21H,1-3H3,(H,22,23). The Kier molecular flexibility index (Phi) is 4.82. The van der Waals surface area contributed by atoms with Gasteiger partial charge in [0.2, 0.25) is 0 Å². The van der Waals surface area contributed by atoms with Crippen LogP contribution in [0.1, 0.15) is 36.7 Å². The predicted molar refractivity (Wildman–Crippen MR) is 91.0 cm³/mol. The van der Waals surface area contributed by atoms with E-state index in [9.17, 15) is 20.0 Å². The molecule has 0 radical (unpaired) electrons. The lowest BCUT2D eigenvalue weighted by atomic mass is 9.87. The van der Waals surface area contributed by atoms with Crippen LogP contribution in [-0.2, 0) is 5.41 Å². The highest BCUT2D eigenvalue weighted by Gasteiger charge is 2.18. The summed E-state index contributed by atoms with van der Waals surface area (Å²) in [4.78, 5) is 21.3. The molecule has 2 N–H and O–H groups in total. The third-order valence-corrected chi connectivity index (χ3v) is 3.53. The summed E-state index contributed by atoms with van der Waals surface area (Å²) in [5.41, 5.74) is 0.112. The number of phenolic OH excluding ortho intramolecular Hbond substituents is 1. The maximum Gasteiger partial charge on any atom is 0.335 e. The van der Waals surface area contributed by atoms with Crippen molar-refractivity contribution in [3.8, 4) is 5.75 Å². The summed E-state index contributed by atoms with van der Waals surface area (Å²) in [5, 5.41) is 37.7. The Hall–Kier alpha value is -3.29. The molecular weight excluding hydrogens is 326 g/mol. The van der Waals surface area contributed by atoms with Crippen molar-refractivity contribution < 1.29 is 19.9 Å². The van der Waals surface area contributed by atoms with Gasteiger partial charge in [-0.3, -0.25) is 10.1 Å². The first-order valence-corrected chi connectivity index (χ1v) is 7.36. The largest absolute Gasteiger partial charge is 0.506 e. The Bertz CT molecular complexity index is 869. The van der Waals surface area contributed by atoms with Gasteiger partial charge in [-0.15, -0.1) is 10.2 Å². The van der Waals surface area contributed by atoms with E-state index in [1.807, 2.05) is 20.8 Å². The number of nitro groups is 1. The number of carboxylic acids is 1. The van der Waals surface area contributed by atoms with Crippen LogP contribution in [0.2, 0.25) is 0 Å². The van der Waals surface area contributed by atoms with Gasteiger partial charge in [-0.1, -0.05) is 26.8 Å². The van der Waals surface area contributed by atoms with Crippen LogP contribution in [0.3, 0.4) is 0 Å². The Morgan fingerprint density at radius 3 is 2.28 bits per heavy atom. The minimum atomic E-state index is -1.28. The smallest absolute Gasteiger partial charge is 0.335 e. The Morgan fingerprint density at radius 2 is 1.72 bits per heavy atom. The molecule has 25 heavy (non-hydrogen) atoms. The molecule has 0 spiro atoms. The second kappa shape index (κ2) is 6.68. The van der Waals surface area contributed by atoms with E-state index in [0.717, 1.165) is 11.6 Å². The fourth-order valence-corrected chi connectivity index (χ4v) is 2.07. The molecule has 0 saturated carbocycles. The summed E-state index contributed by atoms with van der Waals surface area (Å²) in [6.45, 7) is 5.99. The second-order valence-electron chi connectivity index (χ2n) is 6.42. The van der Waals surface area contributed by atoms with Gasteiger partial charge >= 0.3 is 5.97 Å². The van der Waals surface area contributed by atoms with E-state index < -0.39 is 16.6 Å². The molecule has 0 amide bonds. The summed E-state index contributed by atoms with van der Waals surface area (Å²) < 4.78 is 0. The summed E-state index contributed by atoms with van der Waals surface area (Å²) in [6.07, 6.45) is 0. The van der Waals surface area contributed by atoms with E-state index in [2.05, 4.69) is 10.2 Å². The van der Waals surface area contributed by atoms with Gasteiger partial charge in [0, 0.05) is 6.07 Å². The van der Waals surface area contributed by atoms with Crippen molar-refractivity contribution in [2.45, 2.75) is 26.2 Å². The third-order valence-electron chi connectivity index (χ3n) is 3.53. The lowest BCUT2D eigenvalue weighted by Crippen LogP contribution is -2.10. The maximum atomic E-state index is 11.1. The van der Waals surface area contributed by atoms with Gasteiger partial charge in [0.25, 0.3) is 5.69 Å². The molecule has 0 fully saturated rings. The van der Waals surface area contributed by atoms with E-state index in [1.54, 1.807) is 12.1 Å². The zero-order valence-corrected chi connectivity index (χ0v) is 13.9. The monoisotopic (exact) mass is 343 g/mol. The van der Waals surface area contributed by atoms with Crippen LogP contribution in [-0.4, -0.2) is 21.1 Å². The fourth-order valence-electron chi connectivity index (χ4n) is 2.07. The van der Waals surface area contributed by atoms with Crippen molar-refractivity contribution in [1.82, 2.24) is 0 Å². The van der Waals surface area contributed by atoms with Gasteiger partial charge in [-0.2, -0.15) is 0 Å². The number of aromatic carboxylic acids is 1. The van der Waals surface area contributed by atoms with Gasteiger partial charge in [-0.25, -0.2) is 4.79 Å². The lowest BCUT2D eigenvalue weighted by Gasteiger charge is -2.19. The normalized spacial score (nSPS) is 11.6. The first-order chi connectivity index (χ1) is 11.6. The van der Waals surface area contributed by atoms with E-state index in [-0.39, 0.29) is 28.1 Å². The molecule has 2 rings (SSSR count). The molecule has 0 aliphatic carbocycles. The van der Waals surface area contributed by atoms with Gasteiger partial charge in [0.05, 0.1) is 10.5 Å². The minimum Gasteiger partial charge on any atom is -0.506 e. The molecule has 0 bridgehead atoms. The fraction of sp³-hybridized carbons (Fsp3) is 0.235. The highest BCUT2D eigenvalue weighted by atomic mass is 16.6. The van der Waals surface area contributed by atoms with Crippen LogP contribution in [0.4, 0.5) is 17.1 Å². The first-order valence-electron chi connectivity index (χ1n) is 7.36. The number of aromatic hydroxyl groups is 1. The second-order valence-corrected chi connectivity index (χ2v) is 6.42. The molecule has 0 atom stereocenters. The number of rotatable bonds is 4. The Labute approximate surface area is 143 Å². The third kappa shape index (κ3) is 4.17. The number of azo groups is 1. The Balaban J connectivity index is 2.46. The van der Waals surface area contributed by atoms with Crippen molar-refractivity contribution in [2.75, 3.05) is 0 Å². The van der Waals surface area contributed by atoms with Crippen molar-refractivity contribution >= 4 is 23.0 Å². The van der Waals surface area contributed by atoms with Gasteiger partial charge in [0.15, 0.2) is 5.69 Å². The van der Waals surface area contributed by atoms with E-state index >= 15 is 0 Å². The number of nitrogens with zero attached hydrogens (tertiary/aromatic N) is 3. The molecule has 0 aliphatic heterocycles. The molecular formula is C17H17N3O5. The number of nitro benzene ring substituents is 1. The molecule has 2 aromatic carbocycles. The average Bonchev–Trinajstić information content (AvgIpc) is 2.52. The molecule has 8 nitrogen and oxygen atoms in total. The molecule has 0 saturated heterocycles. The molecule has 0 aliphatic rings. The number of phenols is 1. The van der Waals surface area contributed by atoms with E-state index in [0.29, 0.717) is 0 Å². The van der Waals surface area contributed by atoms with Crippen LogP contribution in [0, 0.1) is 10.1 Å². The number of carboxylic acid groups (broad SMARTS) is 1. The van der Waals surface area contributed by atoms with E-state index in [1.165, 1.54) is 18.2 Å². The lowest BCUT2D eigenvalue weighted by molar-refractivity contribution is -0.384. The van der Waals surface area contributed by atoms with E-state index in [4.69, 9.17) is 5.11 Å². The van der Waals surface area contributed by atoms with Crippen molar-refractivity contribution in [3.05, 3.63) is 57.6 Å². The molecule has 0 aromatic heterocycles. The number of carbonyl (C=O) groups is 1. The van der Waals surface area contributed by atoms with Gasteiger partial charge < -0.3 is 10.2 Å². The summed E-state index contributed by atoms with van der Waals surface area (Å²) in [6, 6.07) is 8.22. The Morgan fingerprint density at radius 1 is 1.08 bits per heavy atom. The molecule has 0 heterocycles. The van der Waals surface area contributed by atoms with Crippen LogP contribution in [0.15, 0.2) is 46.6 Å². The predicted octanol–water partition coefficient (Wildman–Crippen LogP) is 4.71. The van der Waals surface area contributed by atoms with Crippen molar-refractivity contribution in [1.29, 1.82) is 0 Å². The summed E-state index contributed by atoms with van der Waals surface area (Å²) >= 11 is 0. The van der Waals surface area contributed by atoms with Crippen molar-refractivity contribution in [2.24, 2.45) is 10.2 Å². The summed E-state index contributed by atoms with van der Waals surface area (Å²) in [5.74, 6) is -1.39. The van der Waals surface area contributed by atoms with Crippen LogP contribution in [0.25, 0.3) is 0 Å². The number of benzene rings is 2. The molecule has 0 unspecified atom stereocenters. The highest BCUT2D eigenvalue weighted by Crippen LogP contribution is 2.35. The average molecular weight is 343 g/mol. The minimum absolute atomic E-state index is 0.101. The molecule has 8 heteroatoms. The quantitative estimate of drug-likeness (QED) is 0.472.